The first-order valence-corrected chi connectivity index (χ1v) is 3.42. The molecule has 1 N–H and O–H groups in total. The molecule has 10 heavy (non-hydrogen) atoms. The Bertz CT molecular complexity index is 205. The van der Waals surface area contributed by atoms with Crippen molar-refractivity contribution < 1.29 is 0 Å². The highest BCUT2D eigenvalue weighted by Crippen LogP contribution is 2.16. The minimum Gasteiger partial charge on any atom is -0.315 e. The first-order valence-electron chi connectivity index (χ1n) is 3.42. The average molecular weight is 135 g/mol. The predicted molar refractivity (Wildman–Crippen MR) is 37.6 cm³/mol. The third-order valence-electron chi connectivity index (χ3n) is 1.83. The van der Waals surface area contributed by atoms with Gasteiger partial charge >= 0.3 is 0 Å². The second-order valence-electron chi connectivity index (χ2n) is 2.53. The van der Waals surface area contributed by atoms with Crippen molar-refractivity contribution in [1.82, 2.24) is 15.3 Å². The number of hydrogen-bond donors (Lipinski definition) is 1. The van der Waals surface area contributed by atoms with Crippen molar-refractivity contribution in [3.63, 3.8) is 0 Å². The van der Waals surface area contributed by atoms with E-state index in [1.807, 2.05) is 12.4 Å². The van der Waals surface area contributed by atoms with Gasteiger partial charge in [0.1, 0.15) is 6.33 Å². The van der Waals surface area contributed by atoms with E-state index in [4.69, 9.17) is 0 Å². The fourth-order valence-electron chi connectivity index (χ4n) is 1.05. The quantitative estimate of drug-likeness (QED) is 0.596. The smallest absolute Gasteiger partial charge is 0.115 e. The molecule has 0 bridgehead atoms. The summed E-state index contributed by atoms with van der Waals surface area (Å²) in [5, 5.41) is 3.20. The summed E-state index contributed by atoms with van der Waals surface area (Å²) >= 11 is 0. The van der Waals surface area contributed by atoms with Crippen LogP contribution in [-0.4, -0.2) is 23.1 Å². The van der Waals surface area contributed by atoms with Gasteiger partial charge in [0.05, 0.1) is 0 Å². The Morgan fingerprint density at radius 2 is 2.00 bits per heavy atom. The van der Waals surface area contributed by atoms with E-state index in [1.54, 1.807) is 6.33 Å². The van der Waals surface area contributed by atoms with Crippen molar-refractivity contribution in [1.29, 1.82) is 0 Å². The molecule has 0 amide bonds. The maximum absolute atomic E-state index is 3.95. The summed E-state index contributed by atoms with van der Waals surface area (Å²) in [6.07, 6.45) is 5.34. The predicted octanol–water partition coefficient (Wildman–Crippen LogP) is 0.163. The second kappa shape index (κ2) is 2.34. The number of nitrogens with one attached hydrogen (secondary N) is 1. The zero-order chi connectivity index (χ0) is 6.81. The average Bonchev–Trinajstić information content (AvgIpc) is 1.86. The Labute approximate surface area is 59.5 Å². The number of nitrogens with zero attached hydrogens (tertiary/aromatic N) is 2. The normalized spacial score (nSPS) is 18.4. The Morgan fingerprint density at radius 1 is 1.30 bits per heavy atom. The molecule has 1 aromatic rings. The van der Waals surface area contributed by atoms with Gasteiger partial charge in [0, 0.05) is 31.4 Å². The summed E-state index contributed by atoms with van der Waals surface area (Å²) in [4.78, 5) is 7.90. The Kier molecular flexibility index (Phi) is 1.36. The Hall–Kier alpha value is -0.960. The summed E-state index contributed by atoms with van der Waals surface area (Å²) in [7, 11) is 0. The molecule has 1 saturated heterocycles. The van der Waals surface area contributed by atoms with Crippen LogP contribution in [0.4, 0.5) is 0 Å². The van der Waals surface area contributed by atoms with Crippen molar-refractivity contribution in [2.24, 2.45) is 0 Å². The van der Waals surface area contributed by atoms with Crippen molar-refractivity contribution in [3.05, 3.63) is 24.3 Å². The van der Waals surface area contributed by atoms with Gasteiger partial charge in [0.25, 0.3) is 0 Å². The maximum atomic E-state index is 3.95. The first kappa shape index (κ1) is 5.80. The first-order chi connectivity index (χ1) is 4.97. The van der Waals surface area contributed by atoms with Gasteiger partial charge in [0.15, 0.2) is 0 Å². The van der Waals surface area contributed by atoms with Crippen LogP contribution in [0.25, 0.3) is 0 Å². The van der Waals surface area contributed by atoms with E-state index in [0.29, 0.717) is 5.92 Å². The fourth-order valence-corrected chi connectivity index (χ4v) is 1.05. The molecule has 2 rings (SSSR count). The minimum atomic E-state index is 0.654. The highest BCUT2D eigenvalue weighted by Gasteiger charge is 2.18. The molecular weight excluding hydrogens is 126 g/mol. The van der Waals surface area contributed by atoms with Gasteiger partial charge in [-0.25, -0.2) is 9.97 Å². The van der Waals surface area contributed by atoms with Gasteiger partial charge in [-0.2, -0.15) is 0 Å². The molecule has 1 aliphatic heterocycles. The van der Waals surface area contributed by atoms with E-state index in [1.165, 1.54) is 5.56 Å². The van der Waals surface area contributed by atoms with E-state index in [-0.39, 0.29) is 0 Å². The van der Waals surface area contributed by atoms with E-state index >= 15 is 0 Å². The van der Waals surface area contributed by atoms with Crippen molar-refractivity contribution in [2.75, 3.05) is 13.1 Å². The van der Waals surface area contributed by atoms with Crippen LogP contribution in [0.5, 0.6) is 0 Å². The van der Waals surface area contributed by atoms with Crippen LogP contribution in [0.3, 0.4) is 0 Å². The van der Waals surface area contributed by atoms with Crippen LogP contribution in [0, 0.1) is 0 Å². The van der Waals surface area contributed by atoms with Gasteiger partial charge in [-0.15, -0.1) is 0 Å². The largest absolute Gasteiger partial charge is 0.315 e. The lowest BCUT2D eigenvalue weighted by atomic mass is 9.97. The van der Waals surface area contributed by atoms with Crippen LogP contribution in [-0.2, 0) is 0 Å². The monoisotopic (exact) mass is 135 g/mol. The molecule has 0 atom stereocenters. The third-order valence-corrected chi connectivity index (χ3v) is 1.83. The van der Waals surface area contributed by atoms with Gasteiger partial charge in [-0.3, -0.25) is 0 Å². The molecule has 2 heterocycles. The summed E-state index contributed by atoms with van der Waals surface area (Å²) in [5.74, 6) is 0.654. The number of rotatable bonds is 1. The van der Waals surface area contributed by atoms with Crippen LogP contribution in [0.2, 0.25) is 0 Å². The van der Waals surface area contributed by atoms with Crippen LogP contribution < -0.4 is 5.32 Å². The highest BCUT2D eigenvalue weighted by molar-refractivity contribution is 5.14. The highest BCUT2D eigenvalue weighted by atomic mass is 15.0. The summed E-state index contributed by atoms with van der Waals surface area (Å²) in [6.45, 7) is 2.15. The number of hydrogen-bond acceptors (Lipinski definition) is 3. The zero-order valence-corrected chi connectivity index (χ0v) is 5.62. The van der Waals surface area contributed by atoms with E-state index in [9.17, 15) is 0 Å². The summed E-state index contributed by atoms with van der Waals surface area (Å²) < 4.78 is 0. The third kappa shape index (κ3) is 0.885. The van der Waals surface area contributed by atoms with Crippen molar-refractivity contribution >= 4 is 0 Å². The van der Waals surface area contributed by atoms with Crippen LogP contribution >= 0.6 is 0 Å². The van der Waals surface area contributed by atoms with E-state index in [0.717, 1.165) is 13.1 Å². The van der Waals surface area contributed by atoms with Crippen LogP contribution in [0.1, 0.15) is 11.5 Å². The molecule has 52 valence electrons. The second-order valence-corrected chi connectivity index (χ2v) is 2.53. The zero-order valence-electron chi connectivity index (χ0n) is 5.62. The Balaban J connectivity index is 2.18. The van der Waals surface area contributed by atoms with Gasteiger partial charge in [-0.1, -0.05) is 0 Å². The van der Waals surface area contributed by atoms with E-state index in [2.05, 4.69) is 15.3 Å². The lowest BCUT2D eigenvalue weighted by molar-refractivity contribution is 0.446. The molecule has 0 aliphatic carbocycles. The lowest BCUT2D eigenvalue weighted by Gasteiger charge is -2.26. The standard InChI is InChI=1S/C7H9N3/c1-6(2-8-1)7-3-9-5-10-4-7/h3-6,8H,1-2H2. The van der Waals surface area contributed by atoms with Crippen molar-refractivity contribution in [2.45, 2.75) is 5.92 Å². The van der Waals surface area contributed by atoms with Gasteiger partial charge in [-0.05, 0) is 5.56 Å². The summed E-state index contributed by atoms with van der Waals surface area (Å²) in [5.41, 5.74) is 1.25. The molecule has 1 aromatic heterocycles. The van der Waals surface area contributed by atoms with Crippen molar-refractivity contribution in [3.8, 4) is 0 Å². The lowest BCUT2D eigenvalue weighted by Crippen LogP contribution is -2.39. The molecule has 0 radical (unpaired) electrons. The van der Waals surface area contributed by atoms with Gasteiger partial charge in [0.2, 0.25) is 0 Å². The molecule has 0 spiro atoms. The molecule has 0 unspecified atom stereocenters. The molecule has 0 saturated carbocycles. The van der Waals surface area contributed by atoms with E-state index < -0.39 is 0 Å². The molecular formula is C7H9N3. The SMILES string of the molecule is c1ncc(C2CNC2)cn1. The topological polar surface area (TPSA) is 37.8 Å². The molecule has 1 fully saturated rings. The Morgan fingerprint density at radius 3 is 2.50 bits per heavy atom. The number of aromatic nitrogens is 2. The molecule has 3 nitrogen and oxygen atoms in total. The minimum absolute atomic E-state index is 0.654. The molecule has 1 aliphatic rings. The molecule has 0 aromatic carbocycles. The molecule has 3 heteroatoms. The maximum Gasteiger partial charge on any atom is 0.115 e. The summed E-state index contributed by atoms with van der Waals surface area (Å²) in [6, 6.07) is 0. The fraction of sp³-hybridized carbons (Fsp3) is 0.429. The van der Waals surface area contributed by atoms with Crippen LogP contribution in [0.15, 0.2) is 18.7 Å². The van der Waals surface area contributed by atoms with Gasteiger partial charge < -0.3 is 5.32 Å².